The minimum absolute atomic E-state index is 0.0498. The summed E-state index contributed by atoms with van der Waals surface area (Å²) >= 11 is 0. The number of nitrogens with zero attached hydrogens (tertiary/aromatic N) is 1. The van der Waals surface area contributed by atoms with Crippen molar-refractivity contribution in [2.45, 2.75) is 0 Å². The number of rotatable bonds is 2. The minimum atomic E-state index is -0.711. The number of carbonyl (C=O) groups excluding carboxylic acids is 2. The molecule has 0 aliphatic carbocycles. The fourth-order valence-corrected chi connectivity index (χ4v) is 1.00. The lowest BCUT2D eigenvalue weighted by molar-refractivity contribution is 0.0988. The van der Waals surface area contributed by atoms with Crippen molar-refractivity contribution in [2.24, 2.45) is 11.5 Å². The van der Waals surface area contributed by atoms with Crippen molar-refractivity contribution in [1.29, 1.82) is 5.26 Å². The van der Waals surface area contributed by atoms with Crippen LogP contribution in [0.3, 0.4) is 0 Å². The maximum absolute atomic E-state index is 10.8. The largest absolute Gasteiger partial charge is 0.366 e. The zero-order valence-corrected chi connectivity index (χ0v) is 7.15. The molecule has 1 rings (SSSR count). The molecular formula is C9H7N3O2. The number of primary amides is 2. The van der Waals surface area contributed by atoms with Gasteiger partial charge in [-0.2, -0.15) is 5.26 Å². The van der Waals surface area contributed by atoms with E-state index in [-0.39, 0.29) is 16.7 Å². The SMILES string of the molecule is N#Cc1cc(C(N)=O)ccc1C(N)=O. The molecule has 14 heavy (non-hydrogen) atoms. The summed E-state index contributed by atoms with van der Waals surface area (Å²) in [5.41, 5.74) is 10.3. The highest BCUT2D eigenvalue weighted by molar-refractivity contribution is 5.98. The van der Waals surface area contributed by atoms with Crippen LogP contribution in [-0.2, 0) is 0 Å². The molecule has 4 N–H and O–H groups in total. The van der Waals surface area contributed by atoms with Gasteiger partial charge in [-0.15, -0.1) is 0 Å². The van der Waals surface area contributed by atoms with Gasteiger partial charge in [0.15, 0.2) is 0 Å². The van der Waals surface area contributed by atoms with Crippen LogP contribution in [0.15, 0.2) is 18.2 Å². The van der Waals surface area contributed by atoms with E-state index >= 15 is 0 Å². The molecule has 0 spiro atoms. The molecule has 0 aliphatic rings. The molecule has 0 fully saturated rings. The van der Waals surface area contributed by atoms with E-state index in [9.17, 15) is 9.59 Å². The van der Waals surface area contributed by atoms with Crippen LogP contribution in [0.5, 0.6) is 0 Å². The molecule has 5 nitrogen and oxygen atoms in total. The first-order valence-electron chi connectivity index (χ1n) is 3.70. The van der Waals surface area contributed by atoms with Crippen molar-refractivity contribution in [2.75, 3.05) is 0 Å². The summed E-state index contributed by atoms with van der Waals surface area (Å²) < 4.78 is 0. The lowest BCUT2D eigenvalue weighted by Gasteiger charge is -2.00. The maximum atomic E-state index is 10.8. The Bertz CT molecular complexity index is 446. The van der Waals surface area contributed by atoms with Gasteiger partial charge in [-0.3, -0.25) is 9.59 Å². The molecule has 0 aliphatic heterocycles. The van der Waals surface area contributed by atoms with Crippen LogP contribution in [0.4, 0.5) is 0 Å². The average Bonchev–Trinajstić information content (AvgIpc) is 2.16. The summed E-state index contributed by atoms with van der Waals surface area (Å²) in [5, 5.41) is 8.66. The summed E-state index contributed by atoms with van der Waals surface area (Å²) in [6, 6.07) is 5.66. The number of hydrogen-bond donors (Lipinski definition) is 2. The zero-order valence-electron chi connectivity index (χ0n) is 7.15. The highest BCUT2D eigenvalue weighted by Gasteiger charge is 2.10. The smallest absolute Gasteiger partial charge is 0.250 e. The highest BCUT2D eigenvalue weighted by Crippen LogP contribution is 2.10. The maximum Gasteiger partial charge on any atom is 0.250 e. The molecule has 0 unspecified atom stereocenters. The summed E-state index contributed by atoms with van der Waals surface area (Å²) in [6.45, 7) is 0. The van der Waals surface area contributed by atoms with E-state index in [1.165, 1.54) is 18.2 Å². The summed E-state index contributed by atoms with van der Waals surface area (Å²) in [4.78, 5) is 21.6. The van der Waals surface area contributed by atoms with Crippen LogP contribution >= 0.6 is 0 Å². The molecule has 5 heteroatoms. The summed E-state index contributed by atoms with van der Waals surface area (Å²) in [7, 11) is 0. The van der Waals surface area contributed by atoms with Crippen LogP contribution in [-0.4, -0.2) is 11.8 Å². The number of nitriles is 1. The Hall–Kier alpha value is -2.35. The van der Waals surface area contributed by atoms with Crippen molar-refractivity contribution in [3.8, 4) is 6.07 Å². The van der Waals surface area contributed by atoms with Crippen LogP contribution in [0.1, 0.15) is 26.3 Å². The number of amides is 2. The van der Waals surface area contributed by atoms with Gasteiger partial charge in [-0.25, -0.2) is 0 Å². The van der Waals surface area contributed by atoms with E-state index in [0.29, 0.717) is 0 Å². The Morgan fingerprint density at radius 2 is 1.86 bits per heavy atom. The standard InChI is InChI=1S/C9H7N3O2/c10-4-6-3-5(8(11)13)1-2-7(6)9(12)14/h1-3H,(H2,11,13)(H2,12,14). The highest BCUT2D eigenvalue weighted by atomic mass is 16.1. The molecule has 2 amide bonds. The molecule has 0 heterocycles. The van der Waals surface area contributed by atoms with Crippen molar-refractivity contribution >= 4 is 11.8 Å². The van der Waals surface area contributed by atoms with Gasteiger partial charge in [0, 0.05) is 5.56 Å². The van der Waals surface area contributed by atoms with E-state index < -0.39 is 11.8 Å². The second-order valence-electron chi connectivity index (χ2n) is 2.60. The zero-order chi connectivity index (χ0) is 10.7. The normalized spacial score (nSPS) is 9.07. The van der Waals surface area contributed by atoms with Gasteiger partial charge in [0.2, 0.25) is 11.8 Å². The molecule has 0 aromatic heterocycles. The van der Waals surface area contributed by atoms with Crippen molar-refractivity contribution < 1.29 is 9.59 Å². The van der Waals surface area contributed by atoms with Crippen LogP contribution in [0, 0.1) is 11.3 Å². The summed E-state index contributed by atoms with van der Waals surface area (Å²) in [5.74, 6) is -1.37. The second-order valence-corrected chi connectivity index (χ2v) is 2.60. The van der Waals surface area contributed by atoms with Gasteiger partial charge in [0.1, 0.15) is 0 Å². The molecule has 1 aromatic carbocycles. The van der Waals surface area contributed by atoms with E-state index in [0.717, 1.165) is 0 Å². The Balaban J connectivity index is 3.34. The third-order valence-electron chi connectivity index (χ3n) is 1.69. The van der Waals surface area contributed by atoms with Crippen LogP contribution in [0.25, 0.3) is 0 Å². The third-order valence-corrected chi connectivity index (χ3v) is 1.69. The number of nitrogens with two attached hydrogens (primary N) is 2. The first kappa shape index (κ1) is 9.74. The predicted molar refractivity (Wildman–Crippen MR) is 48.2 cm³/mol. The van der Waals surface area contributed by atoms with Gasteiger partial charge in [-0.1, -0.05) is 0 Å². The predicted octanol–water partition coefficient (Wildman–Crippen LogP) is -0.244. The van der Waals surface area contributed by atoms with Gasteiger partial charge in [-0.05, 0) is 18.2 Å². The van der Waals surface area contributed by atoms with Gasteiger partial charge >= 0.3 is 0 Å². The molecular weight excluding hydrogens is 182 g/mol. The topological polar surface area (TPSA) is 110 Å². The quantitative estimate of drug-likeness (QED) is 0.669. The molecule has 0 radical (unpaired) electrons. The monoisotopic (exact) mass is 189 g/mol. The van der Waals surface area contributed by atoms with Crippen LogP contribution < -0.4 is 11.5 Å². The van der Waals surface area contributed by atoms with Gasteiger partial charge in [0.25, 0.3) is 0 Å². The molecule has 0 saturated carbocycles. The van der Waals surface area contributed by atoms with Crippen LogP contribution in [0.2, 0.25) is 0 Å². The Labute approximate surface area is 79.9 Å². The lowest BCUT2D eigenvalue weighted by atomic mass is 10.0. The van der Waals surface area contributed by atoms with E-state index in [2.05, 4.69) is 0 Å². The van der Waals surface area contributed by atoms with Crippen molar-refractivity contribution in [1.82, 2.24) is 0 Å². The van der Waals surface area contributed by atoms with Crippen molar-refractivity contribution in [3.05, 3.63) is 34.9 Å². The molecule has 0 saturated heterocycles. The molecule has 0 atom stereocenters. The lowest BCUT2D eigenvalue weighted by Crippen LogP contribution is -2.15. The minimum Gasteiger partial charge on any atom is -0.366 e. The summed E-state index contributed by atoms with van der Waals surface area (Å²) in [6.07, 6.45) is 0. The van der Waals surface area contributed by atoms with Gasteiger partial charge in [0.05, 0.1) is 17.2 Å². The van der Waals surface area contributed by atoms with E-state index in [4.69, 9.17) is 16.7 Å². The molecule has 70 valence electrons. The fraction of sp³-hybridized carbons (Fsp3) is 0. The average molecular weight is 189 g/mol. The Morgan fingerprint density at radius 3 is 2.29 bits per heavy atom. The number of hydrogen-bond acceptors (Lipinski definition) is 3. The van der Waals surface area contributed by atoms with Gasteiger partial charge < -0.3 is 11.5 Å². The Morgan fingerprint density at radius 1 is 1.21 bits per heavy atom. The molecule has 0 bridgehead atoms. The Kier molecular flexibility index (Phi) is 2.49. The first-order valence-corrected chi connectivity index (χ1v) is 3.70. The number of benzene rings is 1. The second kappa shape index (κ2) is 3.58. The number of carbonyl (C=O) groups is 2. The van der Waals surface area contributed by atoms with Crippen molar-refractivity contribution in [3.63, 3.8) is 0 Å². The molecule has 1 aromatic rings. The van der Waals surface area contributed by atoms with E-state index in [1.807, 2.05) is 0 Å². The fourth-order valence-electron chi connectivity index (χ4n) is 1.00. The van der Waals surface area contributed by atoms with E-state index in [1.54, 1.807) is 6.07 Å². The third kappa shape index (κ3) is 1.69. The first-order chi connectivity index (χ1) is 6.56.